The number of hydrogen-bond donors (Lipinski definition) is 4. The number of phenolic OH excluding ortho intramolecular Hbond substituents is 1. The van der Waals surface area contributed by atoms with Gasteiger partial charge in [-0.05, 0) is 181 Å². The minimum atomic E-state index is -0.764. The number of ether oxygens (including phenoxy) is 2. The number of carbonyl (C=O) groups excluding carboxylic acids is 2. The highest BCUT2D eigenvalue weighted by atomic mass is 33.1. The van der Waals surface area contributed by atoms with Crippen molar-refractivity contribution in [2.45, 2.75) is 208 Å². The number of benzene rings is 2. The van der Waals surface area contributed by atoms with Crippen LogP contribution in [0.3, 0.4) is 0 Å². The fraction of sp³-hybridized carbons (Fsp3) is 0.721. The summed E-state index contributed by atoms with van der Waals surface area (Å²) in [4.78, 5) is 35.7. The van der Waals surface area contributed by atoms with Crippen molar-refractivity contribution in [3.63, 3.8) is 0 Å². The van der Waals surface area contributed by atoms with Crippen molar-refractivity contribution < 1.29 is 29.3 Å². The van der Waals surface area contributed by atoms with E-state index in [0.29, 0.717) is 61.8 Å². The molecule has 14 bridgehead atoms. The number of nitrogens with zero attached hydrogens (tertiary/aromatic N) is 2. The molecular formula is C61H80N4O6S2. The molecule has 12 heteroatoms. The smallest absolute Gasteiger partial charge is 0.303 e. The van der Waals surface area contributed by atoms with Crippen molar-refractivity contribution in [1.29, 1.82) is 0 Å². The van der Waals surface area contributed by atoms with Gasteiger partial charge < -0.3 is 35.6 Å². The largest absolute Gasteiger partial charge is 0.504 e. The number of rotatable bonds is 2. The third kappa shape index (κ3) is 8.00. The van der Waals surface area contributed by atoms with E-state index in [2.05, 4.69) is 53.6 Å². The number of phenols is 1. The third-order valence-electron chi connectivity index (χ3n) is 22.4. The van der Waals surface area contributed by atoms with Crippen molar-refractivity contribution in [1.82, 2.24) is 10.2 Å². The SMILES string of the molecule is CC(=O)O[C@]12C[C@@H]3CC[C@@H]1Cc1cc(c(O)c4c1[C@@H]1CC[C@]5(CCC[C@H]5C1)O4)CN1C[C@]4(CC1=O)[C@@H](c1ccccc1)CC[C@]41C#CC[C@@H]4CC[C@]5(CCC[C@@]5(NC(N)=NC1)SSCCCCC[C@H]3[C@H](O)C2)C4. The summed E-state index contributed by atoms with van der Waals surface area (Å²) in [5.74, 6) is 11.9. The van der Waals surface area contributed by atoms with Gasteiger partial charge >= 0.3 is 5.97 Å². The molecule has 14 atom stereocenters. The Bertz CT molecular complexity index is 2600. The zero-order chi connectivity index (χ0) is 49.8. The highest BCUT2D eigenvalue weighted by Gasteiger charge is 2.65. The Morgan fingerprint density at radius 1 is 0.932 bits per heavy atom. The number of guanidine groups is 1. The highest BCUT2D eigenvalue weighted by molar-refractivity contribution is 8.77. The van der Waals surface area contributed by atoms with E-state index in [1.807, 2.05) is 26.5 Å². The van der Waals surface area contributed by atoms with E-state index < -0.39 is 22.5 Å². The lowest BCUT2D eigenvalue weighted by molar-refractivity contribution is -0.195. The van der Waals surface area contributed by atoms with Crippen molar-refractivity contribution in [3.05, 3.63) is 58.7 Å². The van der Waals surface area contributed by atoms with Gasteiger partial charge in [0.15, 0.2) is 17.5 Å². The molecule has 13 aliphatic rings. The summed E-state index contributed by atoms with van der Waals surface area (Å²) in [5.41, 5.74) is 9.44. The zero-order valence-electron chi connectivity index (χ0n) is 43.4. The summed E-state index contributed by atoms with van der Waals surface area (Å²) in [5, 5.41) is 29.1. The first kappa shape index (κ1) is 49.1. The molecule has 2 aromatic rings. The van der Waals surface area contributed by atoms with Crippen LogP contribution in [-0.2, 0) is 27.3 Å². The molecule has 7 saturated carbocycles. The van der Waals surface area contributed by atoms with Gasteiger partial charge in [0.1, 0.15) is 16.1 Å². The van der Waals surface area contributed by atoms with E-state index in [4.69, 9.17) is 20.2 Å². The molecule has 0 aromatic heterocycles. The molecule has 73 heavy (non-hydrogen) atoms. The van der Waals surface area contributed by atoms with Crippen LogP contribution in [0.2, 0.25) is 0 Å². The van der Waals surface area contributed by atoms with Gasteiger partial charge in [-0.25, -0.2) is 0 Å². The van der Waals surface area contributed by atoms with E-state index in [-0.39, 0.29) is 63.7 Å². The second-order valence-corrected chi connectivity index (χ2v) is 28.6. The number of fused-ring (bicyclic) bond motifs is 10. The Hall–Kier alpha value is -3.53. The molecule has 8 fully saturated rings. The third-order valence-corrected chi connectivity index (χ3v) is 25.7. The lowest BCUT2D eigenvalue weighted by atomic mass is 9.57. The summed E-state index contributed by atoms with van der Waals surface area (Å²) in [6.07, 6.45) is 23.9. The van der Waals surface area contributed by atoms with Gasteiger partial charge in [-0.3, -0.25) is 14.6 Å². The summed E-state index contributed by atoms with van der Waals surface area (Å²) < 4.78 is 13.9. The van der Waals surface area contributed by atoms with Gasteiger partial charge in [-0.15, -0.1) is 5.92 Å². The van der Waals surface area contributed by atoms with Gasteiger partial charge in [0, 0.05) is 72.9 Å². The summed E-state index contributed by atoms with van der Waals surface area (Å²) in [6, 6.07) is 13.1. The number of aliphatic imine (C=N–C) groups is 1. The lowest BCUT2D eigenvalue weighted by Crippen LogP contribution is -2.56. The first-order valence-corrected chi connectivity index (χ1v) is 31.3. The number of aromatic hydroxyl groups is 1. The van der Waals surface area contributed by atoms with E-state index in [0.717, 1.165) is 138 Å². The summed E-state index contributed by atoms with van der Waals surface area (Å²) >= 11 is 0. The Labute approximate surface area is 442 Å². The predicted octanol–water partition coefficient (Wildman–Crippen LogP) is 11.4. The molecule has 1 saturated heterocycles. The van der Waals surface area contributed by atoms with Crippen LogP contribution in [-0.4, -0.2) is 74.0 Å². The molecule has 0 radical (unpaired) electrons. The number of aliphatic hydroxyl groups excluding tert-OH is 1. The molecule has 2 aromatic carbocycles. The average Bonchev–Trinajstić information content (AvgIpc) is 4.16. The minimum Gasteiger partial charge on any atom is -0.504 e. The van der Waals surface area contributed by atoms with Crippen LogP contribution in [0.5, 0.6) is 11.5 Å². The first-order valence-electron chi connectivity index (χ1n) is 29.0. The molecule has 7 aliphatic carbocycles. The summed E-state index contributed by atoms with van der Waals surface area (Å²) in [6.45, 7) is 2.74. The monoisotopic (exact) mass is 1030 g/mol. The minimum absolute atomic E-state index is 0.00352. The van der Waals surface area contributed by atoms with Crippen LogP contribution in [0.25, 0.3) is 0 Å². The topological polar surface area (TPSA) is 147 Å². The molecule has 5 N–H and O–H groups in total. The second-order valence-electron chi connectivity index (χ2n) is 25.9. The first-order chi connectivity index (χ1) is 35.4. The lowest BCUT2D eigenvalue weighted by Gasteiger charge is -2.54. The molecule has 6 aliphatic heterocycles. The van der Waals surface area contributed by atoms with Crippen LogP contribution >= 0.6 is 21.6 Å². The van der Waals surface area contributed by atoms with Crippen molar-refractivity contribution >= 4 is 39.4 Å². The maximum absolute atomic E-state index is 15.3. The summed E-state index contributed by atoms with van der Waals surface area (Å²) in [7, 11) is 4.04. The molecule has 6 heterocycles. The molecule has 0 unspecified atom stereocenters. The maximum Gasteiger partial charge on any atom is 0.303 e. The molecule has 10 nitrogen and oxygen atoms in total. The number of nitrogens with two attached hydrogens (primary N) is 1. The van der Waals surface area contributed by atoms with Crippen molar-refractivity contribution in [3.8, 4) is 23.3 Å². The Balaban J connectivity index is 0.933. The Kier molecular flexibility index (Phi) is 12.5. The van der Waals surface area contributed by atoms with Crippen LogP contribution < -0.4 is 15.8 Å². The fourth-order valence-electron chi connectivity index (χ4n) is 19.0. The van der Waals surface area contributed by atoms with Crippen LogP contribution in [0.1, 0.15) is 195 Å². The maximum atomic E-state index is 15.3. The molecular weight excluding hydrogens is 949 g/mol. The van der Waals surface area contributed by atoms with Gasteiger partial charge in [-0.2, -0.15) is 0 Å². The standard InChI is InChI=1S/C61H80N4O6S2/c1-39(66)70-60-33-43-16-17-47(60)31-44-29-45(53(69)54-52(44)42-19-27-59(71-54)23-9-14-46(59)30-42)36-65-38-58(35-51(65)68)49(41-12-4-2-5-13-41)20-26-57(58)21-8-11-40-18-25-56(32-40)22-10-24-61(56,64-55(62)63-37-57)73-72-28-7-3-6-15-48(43)50(67)34-60/h2,4-5,12-13,29,40,42-43,46-50,67,69H,3,6-7,9-11,14-20,22-28,30-38H2,1H3,(H3,62,63,64)/t40-,42-,43+,46+,47-,48-,49-,50-,56-,57+,58-,59+,60+,61-/m1/s1. The van der Waals surface area contributed by atoms with Gasteiger partial charge in [-0.1, -0.05) is 70.7 Å². The quantitative estimate of drug-likeness (QED) is 0.130. The zero-order valence-corrected chi connectivity index (χ0v) is 45.0. The van der Waals surface area contributed by atoms with E-state index in [9.17, 15) is 15.0 Å². The van der Waals surface area contributed by atoms with E-state index in [1.54, 1.807) is 0 Å². The molecule has 15 rings (SSSR count). The highest BCUT2D eigenvalue weighted by Crippen LogP contribution is 2.68. The average molecular weight is 1030 g/mol. The number of amides is 1. The van der Waals surface area contributed by atoms with Crippen LogP contribution in [0.15, 0.2) is 41.4 Å². The van der Waals surface area contributed by atoms with Crippen LogP contribution in [0, 0.1) is 57.7 Å². The van der Waals surface area contributed by atoms with Crippen molar-refractivity contribution in [2.75, 3.05) is 18.8 Å². The Morgan fingerprint density at radius 2 is 1.82 bits per heavy atom. The fourth-order valence-corrected chi connectivity index (χ4v) is 22.6. The van der Waals surface area contributed by atoms with Gasteiger partial charge in [0.05, 0.1) is 18.1 Å². The van der Waals surface area contributed by atoms with Crippen molar-refractivity contribution in [2.24, 2.45) is 56.6 Å². The number of carbonyl (C=O) groups is 2. The number of nitrogens with one attached hydrogen (secondary N) is 1. The number of aliphatic hydroxyl groups is 1. The predicted molar refractivity (Wildman–Crippen MR) is 289 cm³/mol. The normalized spacial score (nSPS) is 42.8. The number of hydrogen-bond acceptors (Lipinski definition) is 11. The van der Waals surface area contributed by atoms with Gasteiger partial charge in [0.2, 0.25) is 5.91 Å². The molecule has 1 amide bonds. The Morgan fingerprint density at radius 3 is 2.70 bits per heavy atom. The molecule has 392 valence electrons. The van der Waals surface area contributed by atoms with E-state index >= 15 is 4.79 Å². The van der Waals surface area contributed by atoms with Crippen LogP contribution in [0.4, 0.5) is 0 Å². The second kappa shape index (κ2) is 18.6. The molecule has 5 spiro atoms. The van der Waals surface area contributed by atoms with E-state index in [1.165, 1.54) is 38.2 Å². The number of esters is 1. The van der Waals surface area contributed by atoms with Gasteiger partial charge in [0.25, 0.3) is 0 Å².